The van der Waals surface area contributed by atoms with Gasteiger partial charge in [-0.15, -0.1) is 12.4 Å². The van der Waals surface area contributed by atoms with Crippen LogP contribution in [0, 0.1) is 0 Å². The van der Waals surface area contributed by atoms with Gasteiger partial charge in [0.2, 0.25) is 17.8 Å². The predicted molar refractivity (Wildman–Crippen MR) is 152 cm³/mol. The van der Waals surface area contributed by atoms with Gasteiger partial charge in [-0.1, -0.05) is 0 Å². The molecule has 1 aromatic heterocycles. The Kier molecular flexibility index (Phi) is 15.6. The van der Waals surface area contributed by atoms with Gasteiger partial charge in [0, 0.05) is 38.4 Å². The van der Waals surface area contributed by atoms with Crippen molar-refractivity contribution in [2.75, 3.05) is 41.3 Å². The van der Waals surface area contributed by atoms with Gasteiger partial charge >= 0.3 is 12.4 Å². The fourth-order valence-corrected chi connectivity index (χ4v) is 4.21. The van der Waals surface area contributed by atoms with E-state index in [1.165, 1.54) is 0 Å². The first kappa shape index (κ1) is 38.5. The second-order valence-corrected chi connectivity index (χ2v) is 8.62. The molecule has 0 saturated carbocycles. The van der Waals surface area contributed by atoms with E-state index in [4.69, 9.17) is 0 Å². The number of aromatic nitrogens is 3. The molecular formula is C22H47ClF6N10. The summed E-state index contributed by atoms with van der Waals surface area (Å²) in [7, 11) is 0. The van der Waals surface area contributed by atoms with Crippen LogP contribution in [0.1, 0.15) is 60.9 Å². The fraction of sp³-hybridized carbons (Fsp3) is 0.591. The number of nitrogens with one attached hydrogen (secondary N) is 1. The summed E-state index contributed by atoms with van der Waals surface area (Å²) in [5, 5.41) is 2.83. The molecule has 234 valence electrons. The van der Waals surface area contributed by atoms with E-state index in [0.29, 0.717) is 24.0 Å². The van der Waals surface area contributed by atoms with Crippen LogP contribution in [0.15, 0.2) is 18.2 Å². The number of halogens is 7. The lowest BCUT2D eigenvalue weighted by Gasteiger charge is -2.30. The molecule has 2 fully saturated rings. The largest absolute Gasteiger partial charge is 0.416 e. The van der Waals surface area contributed by atoms with Crippen molar-refractivity contribution in [3.8, 4) is 0 Å². The highest BCUT2D eigenvalue weighted by Gasteiger charge is 2.36. The Morgan fingerprint density at radius 1 is 0.641 bits per heavy atom. The minimum atomic E-state index is -4.90. The van der Waals surface area contributed by atoms with Crippen molar-refractivity contribution < 1.29 is 32.0 Å². The van der Waals surface area contributed by atoms with Gasteiger partial charge in [-0.2, -0.15) is 41.3 Å². The zero-order chi connectivity index (χ0) is 24.3. The molecule has 10 nitrogen and oxygen atoms in total. The second-order valence-electron chi connectivity index (χ2n) is 8.62. The number of piperidine rings is 2. The van der Waals surface area contributed by atoms with Crippen molar-refractivity contribution in [3.63, 3.8) is 0 Å². The molecule has 1 aromatic carbocycles. The standard InChI is InChI=1S/C22H26F6N6.ClH.4H3N.4H2/c23-21(24,25)16-11-15(12-17(13-16)22(26,27)28)14-29-18-30-19(33-7-3-1-4-8-33)32-20(31-18)34-9-5-2-6-10-34;;;;;;;;;/h11-13H,1-10,14H2,(H,29,30,31,32);1H;4*1H3;4*1H. The SMILES string of the molecule is Cl.FC(F)(F)c1cc(CNc2nc(N3CCCCC3)nc(N3CCCCC3)n2)cc(C(F)(F)F)c1.N.N.N.N.[HH].[HH].[HH].[HH]. The fourth-order valence-electron chi connectivity index (χ4n) is 4.21. The van der Waals surface area contributed by atoms with Gasteiger partial charge in [0.05, 0.1) is 11.1 Å². The third kappa shape index (κ3) is 10.1. The van der Waals surface area contributed by atoms with Crippen LogP contribution in [0.5, 0.6) is 0 Å². The Bertz CT molecular complexity index is 947. The highest BCUT2D eigenvalue weighted by Crippen LogP contribution is 2.36. The molecule has 0 atom stereocenters. The van der Waals surface area contributed by atoms with Crippen molar-refractivity contribution in [2.45, 2.75) is 57.4 Å². The van der Waals surface area contributed by atoms with Gasteiger partial charge in [0.25, 0.3) is 0 Å². The molecule has 39 heavy (non-hydrogen) atoms. The van der Waals surface area contributed by atoms with Crippen LogP contribution >= 0.6 is 12.4 Å². The molecule has 0 unspecified atom stereocenters. The summed E-state index contributed by atoms with van der Waals surface area (Å²) in [5.41, 5.74) is -2.86. The molecule has 2 saturated heterocycles. The molecule has 13 N–H and O–H groups in total. The summed E-state index contributed by atoms with van der Waals surface area (Å²) in [6.07, 6.45) is -3.57. The van der Waals surface area contributed by atoms with Crippen LogP contribution < -0.4 is 39.7 Å². The Labute approximate surface area is 236 Å². The van der Waals surface area contributed by atoms with Gasteiger partial charge in [-0.05, 0) is 62.3 Å². The number of alkyl halides is 6. The summed E-state index contributed by atoms with van der Waals surface area (Å²) in [5.74, 6) is 1.07. The van der Waals surface area contributed by atoms with Crippen LogP contribution in [-0.4, -0.2) is 41.1 Å². The highest BCUT2D eigenvalue weighted by molar-refractivity contribution is 5.85. The van der Waals surface area contributed by atoms with Crippen LogP contribution in [0.25, 0.3) is 0 Å². The normalized spacial score (nSPS) is 15.4. The summed E-state index contributed by atoms with van der Waals surface area (Å²) in [6.45, 7) is 2.84. The summed E-state index contributed by atoms with van der Waals surface area (Å²) in [6, 6.07) is 1.54. The maximum atomic E-state index is 13.2. The highest BCUT2D eigenvalue weighted by atomic mass is 35.5. The molecule has 4 rings (SSSR count). The molecule has 2 aromatic rings. The Morgan fingerprint density at radius 2 is 1.03 bits per heavy atom. The third-order valence-electron chi connectivity index (χ3n) is 5.99. The first-order valence-corrected chi connectivity index (χ1v) is 11.4. The lowest BCUT2D eigenvalue weighted by molar-refractivity contribution is -0.143. The van der Waals surface area contributed by atoms with Gasteiger partial charge in [-0.25, -0.2) is 0 Å². The second kappa shape index (κ2) is 15.8. The van der Waals surface area contributed by atoms with Gasteiger partial charge in [0.1, 0.15) is 0 Å². The van der Waals surface area contributed by atoms with Crippen LogP contribution in [0.2, 0.25) is 0 Å². The first-order chi connectivity index (χ1) is 16.1. The monoisotopic (exact) mass is 600 g/mol. The van der Waals surface area contributed by atoms with Crippen molar-refractivity contribution in [3.05, 3.63) is 34.9 Å². The van der Waals surface area contributed by atoms with E-state index in [9.17, 15) is 26.3 Å². The lowest BCUT2D eigenvalue weighted by Crippen LogP contribution is -2.34. The van der Waals surface area contributed by atoms with E-state index < -0.39 is 23.5 Å². The average Bonchev–Trinajstić information content (AvgIpc) is 2.82. The zero-order valence-electron chi connectivity index (χ0n) is 21.8. The van der Waals surface area contributed by atoms with E-state index in [1.807, 2.05) is 9.80 Å². The van der Waals surface area contributed by atoms with Crippen molar-refractivity contribution in [1.29, 1.82) is 0 Å². The average molecular weight is 601 g/mol. The predicted octanol–water partition coefficient (Wildman–Crippen LogP) is 7.56. The van der Waals surface area contributed by atoms with E-state index >= 15 is 0 Å². The Morgan fingerprint density at radius 3 is 1.38 bits per heavy atom. The molecule has 3 heterocycles. The van der Waals surface area contributed by atoms with Gasteiger partial charge < -0.3 is 39.7 Å². The number of hydrogen-bond acceptors (Lipinski definition) is 10. The molecule has 2 aliphatic heterocycles. The lowest BCUT2D eigenvalue weighted by atomic mass is 10.0. The maximum absolute atomic E-state index is 13.2. The zero-order valence-corrected chi connectivity index (χ0v) is 22.6. The smallest absolute Gasteiger partial charge is 0.350 e. The third-order valence-corrected chi connectivity index (χ3v) is 5.99. The molecule has 0 radical (unpaired) electrons. The number of rotatable bonds is 5. The number of anilines is 3. The topological polar surface area (TPSA) is 197 Å². The maximum Gasteiger partial charge on any atom is 0.416 e. The van der Waals surface area contributed by atoms with Crippen LogP contribution in [-0.2, 0) is 18.9 Å². The van der Waals surface area contributed by atoms with Crippen molar-refractivity contribution in [2.24, 2.45) is 0 Å². The molecule has 2 aliphatic rings. The minimum Gasteiger partial charge on any atom is -0.350 e. The first-order valence-electron chi connectivity index (χ1n) is 11.4. The summed E-state index contributed by atoms with van der Waals surface area (Å²) < 4.78 is 79.1. The number of nitrogens with zero attached hydrogens (tertiary/aromatic N) is 5. The minimum absolute atomic E-state index is 0. The summed E-state index contributed by atoms with van der Waals surface area (Å²) >= 11 is 0. The van der Waals surface area contributed by atoms with Crippen LogP contribution in [0.4, 0.5) is 44.2 Å². The molecule has 0 spiro atoms. The van der Waals surface area contributed by atoms with E-state index in [0.717, 1.165) is 64.7 Å². The molecule has 0 aliphatic carbocycles. The molecule has 0 amide bonds. The van der Waals surface area contributed by atoms with Gasteiger partial charge in [-0.3, -0.25) is 0 Å². The molecule has 17 heteroatoms. The quantitative estimate of drug-likeness (QED) is 0.213. The van der Waals surface area contributed by atoms with Gasteiger partial charge in [0.15, 0.2) is 0 Å². The van der Waals surface area contributed by atoms with E-state index in [-0.39, 0.29) is 66.8 Å². The molecule has 0 bridgehead atoms. The van der Waals surface area contributed by atoms with Crippen molar-refractivity contribution in [1.82, 2.24) is 39.6 Å². The number of hydrogen-bond donors (Lipinski definition) is 5. The Hall–Kier alpha value is -2.66. The summed E-state index contributed by atoms with van der Waals surface area (Å²) in [4.78, 5) is 17.6. The van der Waals surface area contributed by atoms with E-state index in [2.05, 4.69) is 20.3 Å². The van der Waals surface area contributed by atoms with Crippen LogP contribution in [0.3, 0.4) is 0 Å². The van der Waals surface area contributed by atoms with E-state index in [1.54, 1.807) is 0 Å². The van der Waals surface area contributed by atoms with Crippen molar-refractivity contribution >= 4 is 30.3 Å². The molecular weight excluding hydrogens is 554 g/mol. The number of benzene rings is 1. The Balaban J connectivity index is -0.000000380.